The van der Waals surface area contributed by atoms with Gasteiger partial charge in [0.15, 0.2) is 17.3 Å². The number of rotatable bonds is 4. The minimum Gasteiger partial charge on any atom is -0.497 e. The zero-order valence-corrected chi connectivity index (χ0v) is 17.9. The lowest BCUT2D eigenvalue weighted by Crippen LogP contribution is -2.47. The average Bonchev–Trinajstić information content (AvgIpc) is 3.48. The molecular formula is C23H25N3O6. The number of carbonyl (C=O) groups excluding carboxylic acids is 1. The Labute approximate surface area is 185 Å². The van der Waals surface area contributed by atoms with Crippen molar-refractivity contribution in [3.8, 4) is 11.5 Å². The van der Waals surface area contributed by atoms with Gasteiger partial charge >= 0.3 is 0 Å². The van der Waals surface area contributed by atoms with Crippen LogP contribution in [-0.4, -0.2) is 39.6 Å². The van der Waals surface area contributed by atoms with E-state index in [0.717, 1.165) is 42.0 Å². The van der Waals surface area contributed by atoms with Crippen LogP contribution in [0.1, 0.15) is 24.8 Å². The van der Waals surface area contributed by atoms with E-state index in [-0.39, 0.29) is 24.7 Å². The fraction of sp³-hybridized carbons (Fsp3) is 0.435. The van der Waals surface area contributed by atoms with Crippen molar-refractivity contribution in [3.05, 3.63) is 46.6 Å². The maximum absolute atomic E-state index is 13.5. The van der Waals surface area contributed by atoms with Gasteiger partial charge in [0.05, 0.1) is 43.3 Å². The number of methoxy groups -OCH3 is 2. The van der Waals surface area contributed by atoms with E-state index < -0.39 is 5.92 Å². The zero-order valence-electron chi connectivity index (χ0n) is 17.9. The number of nitrogens with one attached hydrogen (secondary N) is 3. The number of allylic oxidation sites excluding steroid dienone is 3. The molecule has 1 aromatic carbocycles. The predicted octanol–water partition coefficient (Wildman–Crippen LogP) is 2.39. The van der Waals surface area contributed by atoms with Gasteiger partial charge in [-0.15, -0.1) is 0 Å². The van der Waals surface area contributed by atoms with Gasteiger partial charge in [-0.05, 0) is 37.0 Å². The molecule has 0 aromatic heterocycles. The molecule has 3 atom stereocenters. The van der Waals surface area contributed by atoms with Gasteiger partial charge in [0.1, 0.15) is 5.76 Å². The Bertz CT molecular complexity index is 1090. The van der Waals surface area contributed by atoms with Crippen molar-refractivity contribution < 1.29 is 28.5 Å². The predicted molar refractivity (Wildman–Crippen MR) is 114 cm³/mol. The molecule has 1 amide bonds. The fourth-order valence-corrected chi connectivity index (χ4v) is 5.30. The van der Waals surface area contributed by atoms with E-state index in [1.165, 1.54) is 0 Å². The molecular weight excluding hydrogens is 414 g/mol. The van der Waals surface area contributed by atoms with E-state index >= 15 is 0 Å². The summed E-state index contributed by atoms with van der Waals surface area (Å²) in [6.07, 6.45) is 4.71. The molecule has 9 heteroatoms. The van der Waals surface area contributed by atoms with Crippen LogP contribution >= 0.6 is 0 Å². The number of amides is 1. The van der Waals surface area contributed by atoms with Crippen molar-refractivity contribution in [1.29, 1.82) is 0 Å². The number of hydrogen-bond acceptors (Lipinski definition) is 8. The van der Waals surface area contributed by atoms with E-state index in [1.54, 1.807) is 14.2 Å². The summed E-state index contributed by atoms with van der Waals surface area (Å²) in [6.45, 7) is 0.942. The molecule has 5 aliphatic rings. The first-order valence-electron chi connectivity index (χ1n) is 10.8. The molecule has 4 aliphatic heterocycles. The molecule has 6 rings (SSSR count). The number of fused-ring (bicyclic) bond motifs is 5. The molecule has 4 heterocycles. The van der Waals surface area contributed by atoms with Crippen LogP contribution in [0.25, 0.3) is 5.70 Å². The molecule has 0 spiro atoms. The van der Waals surface area contributed by atoms with E-state index in [1.807, 2.05) is 18.2 Å². The second-order valence-electron chi connectivity index (χ2n) is 8.43. The fourth-order valence-electron chi connectivity index (χ4n) is 5.30. The first-order valence-corrected chi connectivity index (χ1v) is 10.8. The maximum Gasteiger partial charge on any atom is 0.232 e. The van der Waals surface area contributed by atoms with Gasteiger partial charge in [-0.25, -0.2) is 0 Å². The highest BCUT2D eigenvalue weighted by molar-refractivity contribution is 6.00. The van der Waals surface area contributed by atoms with Crippen LogP contribution in [0, 0.1) is 11.8 Å². The average molecular weight is 439 g/mol. The molecule has 1 saturated heterocycles. The minimum absolute atomic E-state index is 0.0741. The molecule has 32 heavy (non-hydrogen) atoms. The molecule has 9 nitrogen and oxygen atoms in total. The highest BCUT2D eigenvalue weighted by atomic mass is 16.7. The number of benzene rings is 1. The summed E-state index contributed by atoms with van der Waals surface area (Å²) in [5.74, 6) is 1.96. The number of hydrogen-bond donors (Lipinski definition) is 3. The highest BCUT2D eigenvalue weighted by Gasteiger charge is 2.46. The van der Waals surface area contributed by atoms with Crippen LogP contribution in [0.4, 0.5) is 5.69 Å². The SMILES string of the molecule is COC1=C(OC)C(CC2CCCO2)C2C(=O)NC3=C(NNc4cc5c(cc43)OCO5)C2=C1. The number of ether oxygens (including phenoxy) is 5. The lowest BCUT2D eigenvalue weighted by Gasteiger charge is -2.41. The largest absolute Gasteiger partial charge is 0.497 e. The van der Waals surface area contributed by atoms with E-state index in [0.29, 0.717) is 35.1 Å². The molecule has 3 unspecified atom stereocenters. The Morgan fingerprint density at radius 3 is 2.69 bits per heavy atom. The number of carbonyl (C=O) groups is 1. The number of anilines is 1. The van der Waals surface area contributed by atoms with Crippen molar-refractivity contribution in [1.82, 2.24) is 10.7 Å². The van der Waals surface area contributed by atoms with E-state index in [2.05, 4.69) is 16.2 Å². The van der Waals surface area contributed by atoms with Crippen LogP contribution in [0.15, 0.2) is 41.0 Å². The highest BCUT2D eigenvalue weighted by Crippen LogP contribution is 2.48. The zero-order chi connectivity index (χ0) is 21.8. The van der Waals surface area contributed by atoms with Crippen LogP contribution in [-0.2, 0) is 19.0 Å². The molecule has 1 aromatic rings. The van der Waals surface area contributed by atoms with Crippen LogP contribution < -0.4 is 25.6 Å². The van der Waals surface area contributed by atoms with Gasteiger partial charge in [-0.2, -0.15) is 0 Å². The summed E-state index contributed by atoms with van der Waals surface area (Å²) in [5, 5.41) is 3.14. The number of hydrazine groups is 1. The standard InChI is InChI=1S/C23H25N3O6/c1-28-18-8-13-19(14(22(18)29-2)6-11-4-3-5-30-11)23(27)24-20-12-7-16-17(32-10-31-16)9-15(12)25-26-21(13)20/h7-9,11,14,19,25-26H,3-6,10H2,1-2H3,(H,24,27). The summed E-state index contributed by atoms with van der Waals surface area (Å²) in [5.41, 5.74) is 10.5. The lowest BCUT2D eigenvalue weighted by molar-refractivity contribution is -0.125. The molecule has 3 N–H and O–H groups in total. The Morgan fingerprint density at radius 1 is 1.09 bits per heavy atom. The monoisotopic (exact) mass is 439 g/mol. The Kier molecular flexibility index (Phi) is 4.46. The third kappa shape index (κ3) is 2.84. The van der Waals surface area contributed by atoms with Gasteiger partial charge in [0, 0.05) is 24.2 Å². The first kappa shape index (κ1) is 19.4. The van der Waals surface area contributed by atoms with Gasteiger partial charge in [-0.3, -0.25) is 15.6 Å². The second kappa shape index (κ2) is 7.37. The topological polar surface area (TPSA) is 99.3 Å². The van der Waals surface area contributed by atoms with E-state index in [9.17, 15) is 4.79 Å². The molecule has 0 saturated carbocycles. The first-order chi connectivity index (χ1) is 15.7. The minimum atomic E-state index is -0.420. The van der Waals surface area contributed by atoms with Gasteiger partial charge in [0.2, 0.25) is 12.7 Å². The molecule has 0 bridgehead atoms. The van der Waals surface area contributed by atoms with Crippen molar-refractivity contribution >= 4 is 17.3 Å². The Hall–Kier alpha value is -3.33. The summed E-state index contributed by atoms with van der Waals surface area (Å²) >= 11 is 0. The summed E-state index contributed by atoms with van der Waals surface area (Å²) in [4.78, 5) is 13.5. The third-order valence-electron chi connectivity index (χ3n) is 6.76. The van der Waals surface area contributed by atoms with E-state index in [4.69, 9.17) is 23.7 Å². The molecule has 1 aliphatic carbocycles. The van der Waals surface area contributed by atoms with Crippen LogP contribution in [0.5, 0.6) is 11.5 Å². The van der Waals surface area contributed by atoms with Crippen molar-refractivity contribution in [2.75, 3.05) is 33.0 Å². The third-order valence-corrected chi connectivity index (χ3v) is 6.76. The Morgan fingerprint density at radius 2 is 1.94 bits per heavy atom. The molecule has 168 valence electrons. The smallest absolute Gasteiger partial charge is 0.232 e. The molecule has 1 fully saturated rings. The molecule has 0 radical (unpaired) electrons. The second-order valence-corrected chi connectivity index (χ2v) is 8.43. The quantitative estimate of drug-likeness (QED) is 0.658. The summed E-state index contributed by atoms with van der Waals surface area (Å²) in [7, 11) is 3.25. The normalized spacial score (nSPS) is 27.5. The van der Waals surface area contributed by atoms with Gasteiger partial charge < -0.3 is 29.0 Å². The lowest BCUT2D eigenvalue weighted by atomic mass is 9.73. The summed E-state index contributed by atoms with van der Waals surface area (Å²) < 4.78 is 28.4. The maximum atomic E-state index is 13.5. The van der Waals surface area contributed by atoms with Crippen molar-refractivity contribution in [3.63, 3.8) is 0 Å². The summed E-state index contributed by atoms with van der Waals surface area (Å²) in [6, 6.07) is 3.76. The van der Waals surface area contributed by atoms with Gasteiger partial charge in [-0.1, -0.05) is 0 Å². The van der Waals surface area contributed by atoms with Crippen molar-refractivity contribution in [2.24, 2.45) is 11.8 Å². The van der Waals surface area contributed by atoms with Crippen molar-refractivity contribution in [2.45, 2.75) is 25.4 Å². The van der Waals surface area contributed by atoms with Crippen LogP contribution in [0.2, 0.25) is 0 Å². The van der Waals surface area contributed by atoms with Gasteiger partial charge in [0.25, 0.3) is 0 Å². The van der Waals surface area contributed by atoms with Crippen LogP contribution in [0.3, 0.4) is 0 Å². The Balaban J connectivity index is 1.46.